The number of thiocarbonyl (C=S) groups is 1. The van der Waals surface area contributed by atoms with E-state index in [4.69, 9.17) is 12.2 Å². The van der Waals surface area contributed by atoms with Gasteiger partial charge in [0.15, 0.2) is 5.11 Å². The molecule has 0 amide bonds. The summed E-state index contributed by atoms with van der Waals surface area (Å²) in [6.07, 6.45) is 15.5. The third-order valence-corrected chi connectivity index (χ3v) is 6.25. The van der Waals surface area contributed by atoms with Gasteiger partial charge in [-0.2, -0.15) is 0 Å². The minimum absolute atomic E-state index is 0.528. The van der Waals surface area contributed by atoms with Crippen molar-refractivity contribution in [2.45, 2.75) is 76.4 Å². The molecule has 2 aliphatic rings. The quantitative estimate of drug-likeness (QED) is 0.806. The highest BCUT2D eigenvalue weighted by atomic mass is 32.1. The molecule has 1 saturated carbocycles. The van der Waals surface area contributed by atoms with Crippen molar-refractivity contribution in [1.82, 2.24) is 20.1 Å². The van der Waals surface area contributed by atoms with Crippen molar-refractivity contribution in [2.75, 3.05) is 20.1 Å². The number of hydrogen-bond donors (Lipinski definition) is 1. The summed E-state index contributed by atoms with van der Waals surface area (Å²) in [6.45, 7) is 3.17. The Bertz CT molecular complexity index is 534. The molecular weight excluding hydrogens is 340 g/mol. The maximum absolute atomic E-state index is 5.92. The first-order valence-electron chi connectivity index (χ1n) is 10.4. The van der Waals surface area contributed by atoms with Gasteiger partial charge < -0.3 is 15.1 Å². The van der Waals surface area contributed by atoms with Crippen LogP contribution in [0, 0.1) is 0 Å². The van der Waals surface area contributed by atoms with Gasteiger partial charge in [0.2, 0.25) is 0 Å². The van der Waals surface area contributed by atoms with Crippen LogP contribution in [0.1, 0.15) is 63.4 Å². The Morgan fingerprint density at radius 2 is 1.85 bits per heavy atom. The second kappa shape index (κ2) is 10.2. The highest BCUT2D eigenvalue weighted by Gasteiger charge is 2.26. The molecule has 3 rings (SSSR count). The van der Waals surface area contributed by atoms with Crippen LogP contribution < -0.4 is 5.32 Å². The molecule has 1 aromatic heterocycles. The largest absolute Gasteiger partial charge is 0.360 e. The van der Waals surface area contributed by atoms with Gasteiger partial charge in [0.1, 0.15) is 0 Å². The third kappa shape index (κ3) is 5.92. The minimum Gasteiger partial charge on any atom is -0.360 e. The monoisotopic (exact) mass is 374 g/mol. The molecule has 144 valence electrons. The number of nitrogens with one attached hydrogen (secondary N) is 1. The van der Waals surface area contributed by atoms with Crippen molar-refractivity contribution in [3.05, 3.63) is 30.1 Å². The minimum atomic E-state index is 0.528. The molecule has 2 heterocycles. The Morgan fingerprint density at radius 3 is 2.50 bits per heavy atom. The van der Waals surface area contributed by atoms with Crippen molar-refractivity contribution < 1.29 is 0 Å². The van der Waals surface area contributed by atoms with Crippen molar-refractivity contribution in [1.29, 1.82) is 0 Å². The standard InChI is InChI=1S/C21H34N4S/c1-24-14-11-20(12-15-24)25(17-18-8-7-13-22-16-18)21(26)23-19-9-5-3-2-4-6-10-19/h7-8,13,16,19-20H,2-6,9-12,14-15,17H2,1H3,(H,23,26). The van der Waals surface area contributed by atoms with Gasteiger partial charge in [-0.05, 0) is 69.7 Å². The number of nitrogens with zero attached hydrogens (tertiary/aromatic N) is 3. The van der Waals surface area contributed by atoms with Crippen molar-refractivity contribution >= 4 is 17.3 Å². The van der Waals surface area contributed by atoms with Gasteiger partial charge in [-0.3, -0.25) is 4.98 Å². The summed E-state index contributed by atoms with van der Waals surface area (Å²) < 4.78 is 0. The zero-order chi connectivity index (χ0) is 18.2. The summed E-state index contributed by atoms with van der Waals surface area (Å²) in [7, 11) is 2.22. The van der Waals surface area contributed by atoms with Gasteiger partial charge in [0.05, 0.1) is 0 Å². The second-order valence-corrected chi connectivity index (χ2v) is 8.40. The topological polar surface area (TPSA) is 31.4 Å². The van der Waals surface area contributed by atoms with E-state index in [0.29, 0.717) is 12.1 Å². The number of piperidine rings is 1. The van der Waals surface area contributed by atoms with Gasteiger partial charge in [-0.15, -0.1) is 0 Å². The summed E-state index contributed by atoms with van der Waals surface area (Å²) in [5.74, 6) is 0. The molecule has 0 spiro atoms. The summed E-state index contributed by atoms with van der Waals surface area (Å²) in [4.78, 5) is 9.16. The molecule has 1 N–H and O–H groups in total. The summed E-state index contributed by atoms with van der Waals surface area (Å²) in [6, 6.07) is 5.26. The smallest absolute Gasteiger partial charge is 0.169 e. The molecule has 0 aromatic carbocycles. The van der Waals surface area contributed by atoms with E-state index in [1.165, 1.54) is 63.4 Å². The molecular formula is C21H34N4S. The maximum Gasteiger partial charge on any atom is 0.169 e. The lowest BCUT2D eigenvalue weighted by Crippen LogP contribution is -2.51. The van der Waals surface area contributed by atoms with Crippen LogP contribution in [-0.2, 0) is 6.54 Å². The summed E-state index contributed by atoms with van der Waals surface area (Å²) in [5, 5.41) is 4.69. The Hall–Kier alpha value is -1.20. The normalized spacial score (nSPS) is 21.0. The van der Waals surface area contributed by atoms with E-state index in [9.17, 15) is 0 Å². The lowest BCUT2D eigenvalue weighted by Gasteiger charge is -2.40. The summed E-state index contributed by atoms with van der Waals surface area (Å²) >= 11 is 5.92. The average Bonchev–Trinajstić information content (AvgIpc) is 2.63. The molecule has 26 heavy (non-hydrogen) atoms. The number of aromatic nitrogens is 1. The number of likely N-dealkylation sites (tertiary alicyclic amines) is 1. The van der Waals surface area contributed by atoms with Crippen LogP contribution in [0.15, 0.2) is 24.5 Å². The Labute approximate surface area is 164 Å². The van der Waals surface area contributed by atoms with Crippen molar-refractivity contribution in [3.63, 3.8) is 0 Å². The fourth-order valence-electron chi connectivity index (χ4n) is 4.22. The molecule has 1 aromatic rings. The summed E-state index contributed by atoms with van der Waals surface area (Å²) in [5.41, 5.74) is 1.24. The fraction of sp³-hybridized carbons (Fsp3) is 0.714. The molecule has 0 radical (unpaired) electrons. The molecule has 1 aliphatic heterocycles. The van der Waals surface area contributed by atoms with Crippen LogP contribution in [0.4, 0.5) is 0 Å². The van der Waals surface area contributed by atoms with Crippen molar-refractivity contribution in [2.24, 2.45) is 0 Å². The number of hydrogen-bond acceptors (Lipinski definition) is 3. The first kappa shape index (κ1) is 19.6. The first-order chi connectivity index (χ1) is 12.7. The van der Waals surface area contributed by atoms with Crippen LogP contribution in [0.25, 0.3) is 0 Å². The Kier molecular flexibility index (Phi) is 7.69. The lowest BCUT2D eigenvalue weighted by molar-refractivity contribution is 0.169. The number of pyridine rings is 1. The van der Waals surface area contributed by atoms with E-state index >= 15 is 0 Å². The van der Waals surface area contributed by atoms with Gasteiger partial charge in [0, 0.05) is 31.0 Å². The second-order valence-electron chi connectivity index (χ2n) is 8.02. The molecule has 0 unspecified atom stereocenters. The van der Waals surface area contributed by atoms with Gasteiger partial charge >= 0.3 is 0 Å². The molecule has 1 saturated heterocycles. The van der Waals surface area contributed by atoms with E-state index in [1.807, 2.05) is 18.5 Å². The average molecular weight is 375 g/mol. The molecule has 2 fully saturated rings. The first-order valence-corrected chi connectivity index (χ1v) is 10.8. The van der Waals surface area contributed by atoms with Crippen LogP contribution in [0.2, 0.25) is 0 Å². The van der Waals surface area contributed by atoms with E-state index < -0.39 is 0 Å². The molecule has 4 nitrogen and oxygen atoms in total. The van der Waals surface area contributed by atoms with Crippen LogP contribution >= 0.6 is 12.2 Å². The van der Waals surface area contributed by atoms with E-state index in [1.54, 1.807) is 0 Å². The zero-order valence-electron chi connectivity index (χ0n) is 16.2. The molecule has 5 heteroatoms. The van der Waals surface area contributed by atoms with Gasteiger partial charge in [-0.1, -0.05) is 38.2 Å². The number of rotatable bonds is 4. The highest BCUT2D eigenvalue weighted by Crippen LogP contribution is 2.21. The Balaban J connectivity index is 1.65. The molecule has 0 bridgehead atoms. The third-order valence-electron chi connectivity index (χ3n) is 5.90. The lowest BCUT2D eigenvalue weighted by atomic mass is 9.97. The molecule has 0 atom stereocenters. The van der Waals surface area contributed by atoms with E-state index in [0.717, 1.165) is 24.7 Å². The van der Waals surface area contributed by atoms with Crippen molar-refractivity contribution in [3.8, 4) is 0 Å². The molecule has 1 aliphatic carbocycles. The predicted molar refractivity (Wildman–Crippen MR) is 112 cm³/mol. The van der Waals surface area contributed by atoms with Crippen LogP contribution in [0.5, 0.6) is 0 Å². The maximum atomic E-state index is 5.92. The van der Waals surface area contributed by atoms with Gasteiger partial charge in [-0.25, -0.2) is 0 Å². The highest BCUT2D eigenvalue weighted by molar-refractivity contribution is 7.80. The van der Waals surface area contributed by atoms with E-state index in [2.05, 4.69) is 33.2 Å². The van der Waals surface area contributed by atoms with Gasteiger partial charge in [0.25, 0.3) is 0 Å². The Morgan fingerprint density at radius 1 is 1.15 bits per heavy atom. The SMILES string of the molecule is CN1CCC(N(Cc2cccnc2)C(=S)NC2CCCCCCC2)CC1. The van der Waals surface area contributed by atoms with Crippen LogP contribution in [-0.4, -0.2) is 52.1 Å². The predicted octanol–water partition coefficient (Wildman–Crippen LogP) is 3.97. The van der Waals surface area contributed by atoms with Crippen LogP contribution in [0.3, 0.4) is 0 Å². The zero-order valence-corrected chi connectivity index (χ0v) is 17.0. The fourth-order valence-corrected chi connectivity index (χ4v) is 4.60. The van der Waals surface area contributed by atoms with E-state index in [-0.39, 0.29) is 0 Å².